The van der Waals surface area contributed by atoms with Gasteiger partial charge in [-0.3, -0.25) is 0 Å². The Morgan fingerprint density at radius 1 is 0.269 bits per heavy atom. The van der Waals surface area contributed by atoms with E-state index in [1.807, 2.05) is 5.57 Å². The van der Waals surface area contributed by atoms with E-state index in [1.165, 1.54) is 70.6 Å². The molecule has 9 aliphatic carbocycles. The van der Waals surface area contributed by atoms with Crippen molar-refractivity contribution in [2.45, 2.75) is 225 Å². The Hall–Kier alpha value is -0.260. The summed E-state index contributed by atoms with van der Waals surface area (Å²) < 4.78 is 0. The first kappa shape index (κ1) is 37.3. The zero-order chi connectivity index (χ0) is 34.7. The van der Waals surface area contributed by atoms with Crippen LogP contribution in [0.3, 0.4) is 0 Å². The molecule has 9 rings (SSSR count). The van der Waals surface area contributed by atoms with E-state index < -0.39 is 0 Å². The summed E-state index contributed by atoms with van der Waals surface area (Å²) in [5.41, 5.74) is 2.02. The van der Waals surface area contributed by atoms with E-state index in [-0.39, 0.29) is 0 Å². The highest BCUT2D eigenvalue weighted by Crippen LogP contribution is 2.64. The fraction of sp³-hybridized carbons (Fsp3) is 0.962. The van der Waals surface area contributed by atoms with Crippen molar-refractivity contribution < 1.29 is 0 Å². The van der Waals surface area contributed by atoms with Crippen molar-refractivity contribution >= 4 is 0 Å². The van der Waals surface area contributed by atoms with Crippen LogP contribution in [0, 0.1) is 88.8 Å². The third-order valence-corrected chi connectivity index (χ3v) is 19.7. The summed E-state index contributed by atoms with van der Waals surface area (Å²) in [5.74, 6) is 16.1. The number of hydrogen-bond acceptors (Lipinski definition) is 0. The van der Waals surface area contributed by atoms with Crippen molar-refractivity contribution in [1.29, 1.82) is 0 Å². The predicted molar refractivity (Wildman–Crippen MR) is 222 cm³/mol. The Balaban J connectivity index is 0.922. The molecular weight excluding hydrogens is 625 g/mol. The lowest BCUT2D eigenvalue weighted by atomic mass is 9.44. The minimum absolute atomic E-state index is 0.923. The third kappa shape index (κ3) is 8.11. The lowest BCUT2D eigenvalue weighted by Gasteiger charge is -2.61. The fourth-order valence-electron chi connectivity index (χ4n) is 17.6. The van der Waals surface area contributed by atoms with Gasteiger partial charge in [-0.15, -0.1) is 0 Å². The second kappa shape index (κ2) is 17.9. The molecule has 0 bridgehead atoms. The number of fused-ring (bicyclic) bond motifs is 2. The van der Waals surface area contributed by atoms with Crippen LogP contribution in [-0.2, 0) is 0 Å². The van der Waals surface area contributed by atoms with Gasteiger partial charge in [0.05, 0.1) is 0 Å². The van der Waals surface area contributed by atoms with Gasteiger partial charge in [0.25, 0.3) is 0 Å². The summed E-state index contributed by atoms with van der Waals surface area (Å²) in [6.07, 6.45) is 58.0. The fourth-order valence-corrected chi connectivity index (χ4v) is 17.6. The summed E-state index contributed by atoms with van der Waals surface area (Å²) in [5, 5.41) is 0. The van der Waals surface area contributed by atoms with Crippen molar-refractivity contribution in [2.24, 2.45) is 88.8 Å². The van der Waals surface area contributed by atoms with Crippen LogP contribution in [0.4, 0.5) is 0 Å². The molecule has 9 saturated carbocycles. The molecule has 52 heavy (non-hydrogen) atoms. The Morgan fingerprint density at radius 3 is 1.13 bits per heavy atom. The summed E-state index contributed by atoms with van der Waals surface area (Å²) in [7, 11) is 0. The van der Waals surface area contributed by atoms with Crippen molar-refractivity contribution in [1.82, 2.24) is 0 Å². The van der Waals surface area contributed by atoms with Crippen molar-refractivity contribution in [3.63, 3.8) is 0 Å². The monoisotopic (exact) mass is 711 g/mol. The van der Waals surface area contributed by atoms with Gasteiger partial charge in [-0.05, 0) is 185 Å². The molecule has 0 spiro atoms. The predicted octanol–water partition coefficient (Wildman–Crippen LogP) is 15.9. The van der Waals surface area contributed by atoms with E-state index >= 15 is 0 Å². The zero-order valence-corrected chi connectivity index (χ0v) is 34.5. The average molecular weight is 711 g/mol. The van der Waals surface area contributed by atoms with Gasteiger partial charge in [-0.1, -0.05) is 140 Å². The molecule has 7 unspecified atom stereocenters. The minimum atomic E-state index is 0.923. The van der Waals surface area contributed by atoms with Crippen LogP contribution in [0.25, 0.3) is 0 Å². The zero-order valence-electron chi connectivity index (χ0n) is 34.5. The maximum atomic E-state index is 3.01. The van der Waals surface area contributed by atoms with Crippen LogP contribution >= 0.6 is 0 Å². The molecule has 9 aliphatic rings. The number of rotatable bonds is 7. The Bertz CT molecular complexity index is 1050. The van der Waals surface area contributed by atoms with Crippen LogP contribution in [0.1, 0.15) is 225 Å². The highest BCUT2D eigenvalue weighted by molar-refractivity contribution is 5.15. The molecule has 0 aromatic rings. The van der Waals surface area contributed by atoms with Gasteiger partial charge in [-0.25, -0.2) is 0 Å². The molecule has 0 saturated heterocycles. The highest BCUT2D eigenvalue weighted by atomic mass is 14.6. The van der Waals surface area contributed by atoms with Crippen molar-refractivity contribution in [3.05, 3.63) is 11.6 Å². The molecule has 294 valence electrons. The van der Waals surface area contributed by atoms with Gasteiger partial charge in [0, 0.05) is 0 Å². The van der Waals surface area contributed by atoms with E-state index in [2.05, 4.69) is 6.08 Å². The average Bonchev–Trinajstić information content (AvgIpc) is 3.23. The summed E-state index contributed by atoms with van der Waals surface area (Å²) >= 11 is 0. The Morgan fingerprint density at radius 2 is 0.654 bits per heavy atom. The van der Waals surface area contributed by atoms with E-state index in [0.717, 1.165) is 88.8 Å². The molecule has 0 N–H and O–H groups in total. The first-order chi connectivity index (χ1) is 25.8. The van der Waals surface area contributed by atoms with Gasteiger partial charge >= 0.3 is 0 Å². The maximum absolute atomic E-state index is 3.01. The summed E-state index contributed by atoms with van der Waals surface area (Å²) in [6, 6.07) is 0. The van der Waals surface area contributed by atoms with Crippen molar-refractivity contribution in [2.75, 3.05) is 0 Å². The first-order valence-electron chi connectivity index (χ1n) is 25.5. The van der Waals surface area contributed by atoms with Crippen LogP contribution in [0.15, 0.2) is 11.6 Å². The van der Waals surface area contributed by atoms with Gasteiger partial charge in [-0.2, -0.15) is 0 Å². The maximum Gasteiger partial charge on any atom is -0.0200 e. The summed E-state index contributed by atoms with van der Waals surface area (Å²) in [4.78, 5) is 0. The van der Waals surface area contributed by atoms with Crippen LogP contribution < -0.4 is 0 Å². The Labute approximate surface area is 324 Å². The van der Waals surface area contributed by atoms with E-state index in [1.54, 1.807) is 154 Å². The topological polar surface area (TPSA) is 0 Å². The standard InChI is InChI=1S/C52H86/c1-5-17-38(18-6-1)44-34-33-43(36-50(44)41-23-11-4-12-24-41)52-47-27-15-13-25-45(47)51(46-26-14-16-28-48(46)52)42-31-29-37(30-32-42)35-49(39-19-7-2-8-20-39)40-21-9-3-10-22-40/h35,37-48,50-52H,1-34,36H2. The smallest absolute Gasteiger partial charge is 0.0200 e. The normalized spacial score (nSPS) is 43.7. The van der Waals surface area contributed by atoms with Gasteiger partial charge in [0.2, 0.25) is 0 Å². The molecular formula is C52H86. The number of hydrogen-bond donors (Lipinski definition) is 0. The molecule has 0 aliphatic heterocycles. The molecule has 0 aromatic carbocycles. The SMILES string of the molecule is C(=C(C1CCCCC1)C1CCCCC1)C1CCC(C2C3CCCCC3C(C3CCC(C4CCCCC4)C(C4CCCCC4)C3)C3CCCCC32)CC1. The highest BCUT2D eigenvalue weighted by Gasteiger charge is 2.56. The molecule has 7 atom stereocenters. The minimum Gasteiger partial charge on any atom is -0.0817 e. The van der Waals surface area contributed by atoms with E-state index in [0.29, 0.717) is 0 Å². The van der Waals surface area contributed by atoms with Crippen LogP contribution in [0.5, 0.6) is 0 Å². The van der Waals surface area contributed by atoms with Gasteiger partial charge < -0.3 is 0 Å². The van der Waals surface area contributed by atoms with E-state index in [9.17, 15) is 0 Å². The van der Waals surface area contributed by atoms with Crippen LogP contribution in [-0.4, -0.2) is 0 Å². The molecule has 0 amide bonds. The largest absolute Gasteiger partial charge is 0.0817 e. The lowest BCUT2D eigenvalue weighted by molar-refractivity contribution is -0.121. The second-order valence-corrected chi connectivity index (χ2v) is 22.1. The number of allylic oxidation sites excluding steroid dienone is 2. The lowest BCUT2D eigenvalue weighted by Crippen LogP contribution is -2.54. The van der Waals surface area contributed by atoms with Gasteiger partial charge in [0.15, 0.2) is 0 Å². The molecule has 0 nitrogen and oxygen atoms in total. The quantitative estimate of drug-likeness (QED) is 0.231. The third-order valence-electron chi connectivity index (χ3n) is 19.7. The summed E-state index contributed by atoms with van der Waals surface area (Å²) in [6.45, 7) is 0. The molecule has 0 heteroatoms. The van der Waals surface area contributed by atoms with Crippen molar-refractivity contribution in [3.8, 4) is 0 Å². The molecule has 0 aromatic heterocycles. The van der Waals surface area contributed by atoms with Crippen LogP contribution in [0.2, 0.25) is 0 Å². The Kier molecular flexibility index (Phi) is 12.8. The molecule has 0 radical (unpaired) electrons. The molecule has 0 heterocycles. The van der Waals surface area contributed by atoms with E-state index in [4.69, 9.17) is 0 Å². The second-order valence-electron chi connectivity index (χ2n) is 22.1. The first-order valence-corrected chi connectivity index (χ1v) is 25.5. The van der Waals surface area contributed by atoms with Gasteiger partial charge in [0.1, 0.15) is 0 Å². The molecule has 9 fully saturated rings.